The summed E-state index contributed by atoms with van der Waals surface area (Å²) in [6.45, 7) is 10.8. The van der Waals surface area contributed by atoms with Crippen molar-refractivity contribution in [3.8, 4) is 6.07 Å². The van der Waals surface area contributed by atoms with Crippen LogP contribution in [0.4, 0.5) is 14.9 Å². The lowest BCUT2D eigenvalue weighted by molar-refractivity contribution is 0.195. The Balaban J connectivity index is 2.38. The number of carboxylic acid groups (broad SMARTS) is 1. The zero-order valence-electron chi connectivity index (χ0n) is 16.7. The molecule has 6 nitrogen and oxygen atoms in total. The summed E-state index contributed by atoms with van der Waals surface area (Å²) in [7, 11) is 0. The van der Waals surface area contributed by atoms with Gasteiger partial charge >= 0.3 is 6.09 Å². The summed E-state index contributed by atoms with van der Waals surface area (Å²) in [5.41, 5.74) is 0.300. The predicted octanol–water partition coefficient (Wildman–Crippen LogP) is 5.57. The Morgan fingerprint density at radius 2 is 1.89 bits per heavy atom. The Hall–Kier alpha value is -3.14. The molecule has 1 N–H and O–H groups in total. The summed E-state index contributed by atoms with van der Waals surface area (Å²) in [6, 6.07) is 6.79. The molecule has 0 aliphatic rings. The van der Waals surface area contributed by atoms with Gasteiger partial charge in [0.15, 0.2) is 11.2 Å². The molecule has 1 amide bonds. The molecule has 3 rings (SSSR count). The van der Waals surface area contributed by atoms with Crippen LogP contribution in [0.3, 0.4) is 0 Å². The van der Waals surface area contributed by atoms with Crippen molar-refractivity contribution in [3.05, 3.63) is 35.3 Å². The molecule has 0 fully saturated rings. The van der Waals surface area contributed by atoms with Crippen LogP contribution in [0.1, 0.15) is 52.7 Å². The maximum Gasteiger partial charge on any atom is 0.412 e. The van der Waals surface area contributed by atoms with Crippen molar-refractivity contribution < 1.29 is 18.7 Å². The van der Waals surface area contributed by atoms with Crippen LogP contribution in [0.15, 0.2) is 22.6 Å². The van der Waals surface area contributed by atoms with Gasteiger partial charge in [-0.15, -0.1) is 0 Å². The minimum atomic E-state index is -1.18. The predicted molar refractivity (Wildman–Crippen MR) is 105 cm³/mol. The SMILES string of the molecule is CC(C)(C)c1cc2oc3c(C#N)c(N(C(=O)O)C(C)(C)C)ccc3c2nc1F. The van der Waals surface area contributed by atoms with Gasteiger partial charge in [0, 0.05) is 16.5 Å². The molecule has 0 saturated heterocycles. The standard InChI is InChI=1S/C21H22FN3O3/c1-20(2,3)13-9-15-16(24-18(13)22)11-7-8-14(12(10-23)17(11)28-15)25(19(26)27)21(4,5)6/h7-9H,1-6H3,(H,26,27). The quantitative estimate of drug-likeness (QED) is 0.555. The number of carbonyl (C=O) groups is 1. The number of halogens is 1. The lowest BCUT2D eigenvalue weighted by atomic mass is 9.88. The van der Waals surface area contributed by atoms with Crippen LogP contribution in [0, 0.1) is 17.3 Å². The molecule has 0 radical (unpaired) electrons. The largest absolute Gasteiger partial charge is 0.465 e. The number of fused-ring (bicyclic) bond motifs is 3. The molecule has 3 aromatic rings. The normalized spacial score (nSPS) is 12.4. The molecule has 0 unspecified atom stereocenters. The van der Waals surface area contributed by atoms with E-state index in [4.69, 9.17) is 4.42 Å². The van der Waals surface area contributed by atoms with Gasteiger partial charge in [0.1, 0.15) is 17.1 Å². The second kappa shape index (κ2) is 6.20. The van der Waals surface area contributed by atoms with E-state index in [-0.39, 0.29) is 16.8 Å². The van der Waals surface area contributed by atoms with E-state index in [1.807, 2.05) is 26.8 Å². The van der Waals surface area contributed by atoms with Gasteiger partial charge in [0.05, 0.1) is 5.69 Å². The van der Waals surface area contributed by atoms with E-state index in [9.17, 15) is 19.6 Å². The average molecular weight is 383 g/mol. The van der Waals surface area contributed by atoms with Gasteiger partial charge < -0.3 is 9.52 Å². The van der Waals surface area contributed by atoms with Gasteiger partial charge in [-0.3, -0.25) is 4.90 Å². The minimum absolute atomic E-state index is 0.0746. The third-order valence-electron chi connectivity index (χ3n) is 4.57. The van der Waals surface area contributed by atoms with Gasteiger partial charge in [-0.25, -0.2) is 9.78 Å². The van der Waals surface area contributed by atoms with Crippen molar-refractivity contribution in [2.24, 2.45) is 0 Å². The Morgan fingerprint density at radius 1 is 1.25 bits per heavy atom. The highest BCUT2D eigenvalue weighted by atomic mass is 19.1. The lowest BCUT2D eigenvalue weighted by Crippen LogP contribution is -2.45. The number of anilines is 1. The monoisotopic (exact) mass is 383 g/mol. The Morgan fingerprint density at radius 3 is 2.39 bits per heavy atom. The molecule has 0 atom stereocenters. The molecule has 28 heavy (non-hydrogen) atoms. The Labute approximate surface area is 162 Å². The second-order valence-corrected chi connectivity index (χ2v) is 8.76. The highest BCUT2D eigenvalue weighted by Gasteiger charge is 2.32. The first-order chi connectivity index (χ1) is 12.9. The first-order valence-electron chi connectivity index (χ1n) is 8.85. The number of furan rings is 1. The van der Waals surface area contributed by atoms with Gasteiger partial charge in [-0.2, -0.15) is 9.65 Å². The first kappa shape index (κ1) is 19.6. The highest BCUT2D eigenvalue weighted by molar-refractivity contribution is 6.07. The zero-order valence-corrected chi connectivity index (χ0v) is 16.7. The summed E-state index contributed by atoms with van der Waals surface area (Å²) >= 11 is 0. The molecule has 0 saturated carbocycles. The fourth-order valence-corrected chi connectivity index (χ4v) is 3.29. The van der Waals surface area contributed by atoms with E-state index < -0.39 is 23.0 Å². The summed E-state index contributed by atoms with van der Waals surface area (Å²) in [4.78, 5) is 17.0. The van der Waals surface area contributed by atoms with E-state index in [2.05, 4.69) is 4.98 Å². The Kier molecular flexibility index (Phi) is 4.34. The zero-order chi connectivity index (χ0) is 21.0. The van der Waals surface area contributed by atoms with Crippen LogP contribution in [0.2, 0.25) is 0 Å². The first-order valence-corrected chi connectivity index (χ1v) is 8.85. The maximum atomic E-state index is 14.6. The number of hydrogen-bond acceptors (Lipinski definition) is 4. The molecule has 0 aliphatic heterocycles. The summed E-state index contributed by atoms with van der Waals surface area (Å²) in [5.74, 6) is -0.591. The summed E-state index contributed by atoms with van der Waals surface area (Å²) in [5, 5.41) is 19.9. The van der Waals surface area contributed by atoms with Crippen molar-refractivity contribution in [1.29, 1.82) is 5.26 Å². The van der Waals surface area contributed by atoms with Crippen LogP contribution in [-0.4, -0.2) is 21.7 Å². The van der Waals surface area contributed by atoms with E-state index in [1.165, 1.54) is 6.07 Å². The minimum Gasteiger partial charge on any atom is -0.465 e. The number of rotatable bonds is 1. The molecule has 146 valence electrons. The van der Waals surface area contributed by atoms with Gasteiger partial charge in [0.2, 0.25) is 5.95 Å². The smallest absolute Gasteiger partial charge is 0.412 e. The Bertz CT molecular complexity index is 1140. The van der Waals surface area contributed by atoms with Crippen molar-refractivity contribution >= 4 is 33.8 Å². The lowest BCUT2D eigenvalue weighted by Gasteiger charge is -2.33. The number of benzene rings is 1. The van der Waals surface area contributed by atoms with Crippen LogP contribution >= 0.6 is 0 Å². The molecule has 0 bridgehead atoms. The van der Waals surface area contributed by atoms with Crippen LogP contribution in [0.25, 0.3) is 22.1 Å². The van der Waals surface area contributed by atoms with Gasteiger partial charge in [-0.1, -0.05) is 20.8 Å². The van der Waals surface area contributed by atoms with Crippen LogP contribution < -0.4 is 4.90 Å². The molecule has 2 heterocycles. The third kappa shape index (κ3) is 3.05. The molecule has 2 aromatic heterocycles. The molecular formula is C21H22FN3O3. The molecule has 1 aromatic carbocycles. The number of amides is 1. The topological polar surface area (TPSA) is 90.4 Å². The van der Waals surface area contributed by atoms with Crippen LogP contribution in [-0.2, 0) is 5.41 Å². The van der Waals surface area contributed by atoms with Crippen molar-refractivity contribution in [2.45, 2.75) is 52.5 Å². The number of nitrogens with zero attached hydrogens (tertiary/aromatic N) is 3. The fourth-order valence-electron chi connectivity index (χ4n) is 3.29. The van der Waals surface area contributed by atoms with E-state index in [0.29, 0.717) is 22.0 Å². The number of nitriles is 1. The number of hydrogen-bond donors (Lipinski definition) is 1. The fraction of sp³-hybridized carbons (Fsp3) is 0.381. The van der Waals surface area contributed by atoms with E-state index in [1.54, 1.807) is 32.9 Å². The van der Waals surface area contributed by atoms with E-state index >= 15 is 0 Å². The second-order valence-electron chi connectivity index (χ2n) is 8.76. The van der Waals surface area contributed by atoms with Gasteiger partial charge in [0.25, 0.3) is 0 Å². The molecule has 0 aliphatic carbocycles. The highest BCUT2D eigenvalue weighted by Crippen LogP contribution is 2.38. The summed E-state index contributed by atoms with van der Waals surface area (Å²) in [6.07, 6.45) is -1.18. The average Bonchev–Trinajstić information content (AvgIpc) is 2.89. The van der Waals surface area contributed by atoms with Crippen molar-refractivity contribution in [1.82, 2.24) is 4.98 Å². The van der Waals surface area contributed by atoms with E-state index in [0.717, 1.165) is 4.90 Å². The molecular weight excluding hydrogens is 361 g/mol. The maximum absolute atomic E-state index is 14.6. The number of aromatic nitrogens is 1. The molecule has 0 spiro atoms. The van der Waals surface area contributed by atoms with Crippen LogP contribution in [0.5, 0.6) is 0 Å². The van der Waals surface area contributed by atoms with Crippen molar-refractivity contribution in [3.63, 3.8) is 0 Å². The molecule has 7 heteroatoms. The van der Waals surface area contributed by atoms with Gasteiger partial charge in [-0.05, 0) is 44.4 Å². The van der Waals surface area contributed by atoms with Crippen molar-refractivity contribution in [2.75, 3.05) is 4.90 Å². The number of pyridine rings is 1. The summed E-state index contributed by atoms with van der Waals surface area (Å²) < 4.78 is 20.4. The third-order valence-corrected chi connectivity index (χ3v) is 4.57.